The Balaban J connectivity index is 1.86. The van der Waals surface area contributed by atoms with Crippen LogP contribution in [-0.2, 0) is 6.42 Å². The number of carbonyl (C=O) groups excluding carboxylic acids is 1. The molecule has 0 aromatic carbocycles. The van der Waals surface area contributed by atoms with Crippen LogP contribution < -0.4 is 5.32 Å². The first kappa shape index (κ1) is 11.9. The van der Waals surface area contributed by atoms with E-state index in [0.29, 0.717) is 24.2 Å². The van der Waals surface area contributed by atoms with Crippen molar-refractivity contribution in [1.82, 2.24) is 10.3 Å². The number of hydrogen-bond donors (Lipinski definition) is 1. The summed E-state index contributed by atoms with van der Waals surface area (Å²) in [5.74, 6) is 0.564. The van der Waals surface area contributed by atoms with E-state index in [1.165, 1.54) is 12.3 Å². The van der Waals surface area contributed by atoms with Gasteiger partial charge in [0.1, 0.15) is 17.5 Å². The van der Waals surface area contributed by atoms with Gasteiger partial charge in [0.05, 0.1) is 11.8 Å². The molecule has 1 amide bonds. The third kappa shape index (κ3) is 2.95. The van der Waals surface area contributed by atoms with E-state index in [9.17, 15) is 4.79 Å². The van der Waals surface area contributed by atoms with Gasteiger partial charge in [-0.25, -0.2) is 4.98 Å². The van der Waals surface area contributed by atoms with Crippen LogP contribution in [-0.4, -0.2) is 17.4 Å². The average molecular weight is 241 g/mol. The molecule has 0 aliphatic rings. The summed E-state index contributed by atoms with van der Waals surface area (Å²) >= 11 is 0. The number of furan rings is 1. The van der Waals surface area contributed by atoms with Gasteiger partial charge in [-0.3, -0.25) is 4.79 Å². The first-order chi connectivity index (χ1) is 8.79. The van der Waals surface area contributed by atoms with Crippen molar-refractivity contribution >= 4 is 5.91 Å². The Labute approximate surface area is 104 Å². The summed E-state index contributed by atoms with van der Waals surface area (Å²) in [5.41, 5.74) is 0.732. The molecule has 0 unspecified atom stereocenters. The molecule has 18 heavy (non-hydrogen) atoms. The molecule has 2 heterocycles. The molecular formula is C13H11N3O2. The number of hydrogen-bond acceptors (Lipinski definition) is 4. The zero-order valence-electron chi connectivity index (χ0n) is 9.59. The molecular weight excluding hydrogens is 230 g/mol. The smallest absolute Gasteiger partial charge is 0.269 e. The lowest BCUT2D eigenvalue weighted by molar-refractivity contribution is 0.0949. The molecule has 2 aromatic heterocycles. The molecule has 2 aromatic rings. The van der Waals surface area contributed by atoms with Gasteiger partial charge in [0.2, 0.25) is 0 Å². The molecule has 0 atom stereocenters. The molecule has 5 nitrogen and oxygen atoms in total. The molecule has 0 aliphatic carbocycles. The minimum Gasteiger partial charge on any atom is -0.469 e. The summed E-state index contributed by atoms with van der Waals surface area (Å²) in [6.07, 6.45) is 3.61. The summed E-state index contributed by atoms with van der Waals surface area (Å²) in [6, 6.07) is 8.70. The van der Waals surface area contributed by atoms with Crippen molar-refractivity contribution in [1.29, 1.82) is 5.26 Å². The van der Waals surface area contributed by atoms with Crippen molar-refractivity contribution in [2.75, 3.05) is 6.54 Å². The van der Waals surface area contributed by atoms with Gasteiger partial charge in [0, 0.05) is 19.2 Å². The van der Waals surface area contributed by atoms with Gasteiger partial charge in [-0.1, -0.05) is 0 Å². The van der Waals surface area contributed by atoms with E-state index in [1.54, 1.807) is 18.4 Å². The molecule has 5 heteroatoms. The van der Waals surface area contributed by atoms with Gasteiger partial charge in [0.15, 0.2) is 0 Å². The number of nitriles is 1. The van der Waals surface area contributed by atoms with E-state index in [4.69, 9.17) is 9.68 Å². The molecule has 0 saturated carbocycles. The lowest BCUT2D eigenvalue weighted by atomic mass is 10.2. The van der Waals surface area contributed by atoms with Crippen LogP contribution in [0.5, 0.6) is 0 Å². The van der Waals surface area contributed by atoms with Crippen molar-refractivity contribution in [2.24, 2.45) is 0 Å². The summed E-state index contributed by atoms with van der Waals surface area (Å²) in [7, 11) is 0. The third-order valence-corrected chi connectivity index (χ3v) is 2.36. The summed E-state index contributed by atoms with van der Waals surface area (Å²) in [5, 5.41) is 11.3. The maximum absolute atomic E-state index is 11.7. The lowest BCUT2D eigenvalue weighted by Crippen LogP contribution is -2.26. The highest BCUT2D eigenvalue weighted by Gasteiger charge is 2.06. The maximum atomic E-state index is 11.7. The van der Waals surface area contributed by atoms with Crippen molar-refractivity contribution < 1.29 is 9.21 Å². The standard InChI is InChI=1S/C13H11N3O2/c14-8-10-3-4-12(16-9-10)13(17)15-6-5-11-2-1-7-18-11/h1-4,7,9H,5-6H2,(H,15,17). The van der Waals surface area contributed by atoms with Crippen LogP contribution in [0.25, 0.3) is 0 Å². The largest absolute Gasteiger partial charge is 0.469 e. The predicted octanol–water partition coefficient (Wildman–Crippen LogP) is 1.52. The highest BCUT2D eigenvalue weighted by atomic mass is 16.3. The van der Waals surface area contributed by atoms with E-state index >= 15 is 0 Å². The van der Waals surface area contributed by atoms with E-state index in [1.807, 2.05) is 12.1 Å². The number of nitrogens with one attached hydrogen (secondary N) is 1. The Bertz CT molecular complexity index is 553. The number of amides is 1. The Morgan fingerprint density at radius 1 is 1.44 bits per heavy atom. The summed E-state index contributed by atoms with van der Waals surface area (Å²) in [4.78, 5) is 15.6. The molecule has 90 valence electrons. The fourth-order valence-electron chi connectivity index (χ4n) is 1.44. The zero-order valence-corrected chi connectivity index (χ0v) is 9.59. The van der Waals surface area contributed by atoms with Gasteiger partial charge in [0.25, 0.3) is 5.91 Å². The minimum atomic E-state index is -0.258. The van der Waals surface area contributed by atoms with Crippen molar-refractivity contribution in [2.45, 2.75) is 6.42 Å². The van der Waals surface area contributed by atoms with Crippen LogP contribution >= 0.6 is 0 Å². The highest BCUT2D eigenvalue weighted by Crippen LogP contribution is 2.01. The fraction of sp³-hybridized carbons (Fsp3) is 0.154. The van der Waals surface area contributed by atoms with Crippen molar-refractivity contribution in [3.8, 4) is 6.07 Å². The second-order valence-electron chi connectivity index (χ2n) is 3.63. The van der Waals surface area contributed by atoms with Crippen LogP contribution in [0.1, 0.15) is 21.8 Å². The molecule has 2 rings (SSSR count). The van der Waals surface area contributed by atoms with Crippen LogP contribution in [0, 0.1) is 11.3 Å². The van der Waals surface area contributed by atoms with Gasteiger partial charge < -0.3 is 9.73 Å². The molecule has 0 fully saturated rings. The van der Waals surface area contributed by atoms with Crippen molar-refractivity contribution in [3.05, 3.63) is 53.7 Å². The SMILES string of the molecule is N#Cc1ccc(C(=O)NCCc2ccco2)nc1. The van der Waals surface area contributed by atoms with E-state index in [2.05, 4.69) is 10.3 Å². The predicted molar refractivity (Wildman–Crippen MR) is 63.7 cm³/mol. The van der Waals surface area contributed by atoms with E-state index < -0.39 is 0 Å². The Kier molecular flexibility index (Phi) is 3.72. The highest BCUT2D eigenvalue weighted by molar-refractivity contribution is 5.92. The van der Waals surface area contributed by atoms with Crippen LogP contribution in [0.4, 0.5) is 0 Å². The van der Waals surface area contributed by atoms with Gasteiger partial charge >= 0.3 is 0 Å². The number of pyridine rings is 1. The number of rotatable bonds is 4. The lowest BCUT2D eigenvalue weighted by Gasteiger charge is -2.03. The second-order valence-corrected chi connectivity index (χ2v) is 3.63. The summed E-state index contributed by atoms with van der Waals surface area (Å²) < 4.78 is 5.15. The van der Waals surface area contributed by atoms with Crippen LogP contribution in [0.2, 0.25) is 0 Å². The Morgan fingerprint density at radius 3 is 2.94 bits per heavy atom. The van der Waals surface area contributed by atoms with Crippen molar-refractivity contribution in [3.63, 3.8) is 0 Å². The van der Waals surface area contributed by atoms with E-state index in [0.717, 1.165) is 5.76 Å². The molecule has 0 saturated heterocycles. The monoisotopic (exact) mass is 241 g/mol. The van der Waals surface area contributed by atoms with Gasteiger partial charge in [-0.15, -0.1) is 0 Å². The number of nitrogens with zero attached hydrogens (tertiary/aromatic N) is 2. The maximum Gasteiger partial charge on any atom is 0.269 e. The zero-order chi connectivity index (χ0) is 12.8. The fourth-order valence-corrected chi connectivity index (χ4v) is 1.44. The van der Waals surface area contributed by atoms with Gasteiger partial charge in [-0.2, -0.15) is 5.26 Å². The third-order valence-electron chi connectivity index (χ3n) is 2.36. The molecule has 1 N–H and O–H groups in total. The quantitative estimate of drug-likeness (QED) is 0.880. The van der Waals surface area contributed by atoms with Crippen LogP contribution in [0.3, 0.4) is 0 Å². The topological polar surface area (TPSA) is 78.9 Å². The number of aromatic nitrogens is 1. The Hall–Kier alpha value is -2.61. The first-order valence-electron chi connectivity index (χ1n) is 5.46. The minimum absolute atomic E-state index is 0.258. The van der Waals surface area contributed by atoms with Gasteiger partial charge in [-0.05, 0) is 24.3 Å². The second kappa shape index (κ2) is 5.64. The van der Waals surface area contributed by atoms with E-state index in [-0.39, 0.29) is 5.91 Å². The molecule has 0 radical (unpaired) electrons. The molecule has 0 bridgehead atoms. The van der Waals surface area contributed by atoms with Crippen LogP contribution in [0.15, 0.2) is 41.1 Å². The molecule has 0 aliphatic heterocycles. The average Bonchev–Trinajstić information content (AvgIpc) is 2.92. The normalized spacial score (nSPS) is 9.72. The first-order valence-corrected chi connectivity index (χ1v) is 5.46. The molecule has 0 spiro atoms. The number of carbonyl (C=O) groups is 1. The Morgan fingerprint density at radius 2 is 2.33 bits per heavy atom. The summed E-state index contributed by atoms with van der Waals surface area (Å²) in [6.45, 7) is 0.480.